The molecule has 0 saturated carbocycles. The molecule has 11 heteroatoms. The number of rotatable bonds is 4. The van der Waals surface area contributed by atoms with Gasteiger partial charge in [-0.2, -0.15) is 18.4 Å². The average Bonchev–Trinajstić information content (AvgIpc) is 2.36. The van der Waals surface area contributed by atoms with Gasteiger partial charge in [-0.25, -0.2) is 4.79 Å². The standard InChI is InChI=1S/C12H7F6NO3S/c1-2-21-10(20)7-4-8(22-11(13,14)15)6(5-19)3-9(7)23-12(16,17)18/h3-4H,2H2,1H3. The lowest BCUT2D eigenvalue weighted by atomic mass is 10.1. The van der Waals surface area contributed by atoms with Gasteiger partial charge in [-0.1, -0.05) is 0 Å². The van der Waals surface area contributed by atoms with Crippen LogP contribution in [0.3, 0.4) is 0 Å². The van der Waals surface area contributed by atoms with E-state index in [1.54, 1.807) is 0 Å². The molecule has 0 bridgehead atoms. The number of carbonyl (C=O) groups is 1. The number of esters is 1. The van der Waals surface area contributed by atoms with Crippen LogP contribution in [0.5, 0.6) is 5.75 Å². The van der Waals surface area contributed by atoms with Crippen LogP contribution in [0.15, 0.2) is 17.0 Å². The number of benzene rings is 1. The highest BCUT2D eigenvalue weighted by Crippen LogP contribution is 2.41. The monoisotopic (exact) mass is 359 g/mol. The first-order valence-corrected chi connectivity index (χ1v) is 6.55. The highest BCUT2D eigenvalue weighted by atomic mass is 32.2. The van der Waals surface area contributed by atoms with Crippen LogP contribution < -0.4 is 4.74 Å². The summed E-state index contributed by atoms with van der Waals surface area (Å²) in [6.07, 6.45) is -5.18. The van der Waals surface area contributed by atoms with Gasteiger partial charge in [0, 0.05) is 4.90 Å². The lowest BCUT2D eigenvalue weighted by Gasteiger charge is -2.15. The third-order valence-electron chi connectivity index (χ3n) is 2.15. The fourth-order valence-corrected chi connectivity index (χ4v) is 2.11. The second kappa shape index (κ2) is 6.99. The Kier molecular flexibility index (Phi) is 5.76. The van der Waals surface area contributed by atoms with Gasteiger partial charge in [-0.3, -0.25) is 0 Å². The maximum atomic E-state index is 12.5. The quantitative estimate of drug-likeness (QED) is 0.457. The normalized spacial score (nSPS) is 11.7. The maximum Gasteiger partial charge on any atom is 0.573 e. The Morgan fingerprint density at radius 2 is 1.87 bits per heavy atom. The summed E-state index contributed by atoms with van der Waals surface area (Å²) in [5.74, 6) is -2.36. The van der Waals surface area contributed by atoms with Crippen molar-refractivity contribution in [3.63, 3.8) is 0 Å². The number of ether oxygens (including phenoxy) is 2. The van der Waals surface area contributed by atoms with Gasteiger partial charge in [-0.05, 0) is 30.8 Å². The van der Waals surface area contributed by atoms with Crippen molar-refractivity contribution in [3.05, 3.63) is 23.3 Å². The van der Waals surface area contributed by atoms with Crippen LogP contribution in [0, 0.1) is 11.3 Å². The van der Waals surface area contributed by atoms with Crippen LogP contribution >= 0.6 is 11.8 Å². The first kappa shape index (κ1) is 19.0. The second-order valence-corrected chi connectivity index (χ2v) is 4.88. The van der Waals surface area contributed by atoms with Crippen molar-refractivity contribution in [2.75, 3.05) is 6.61 Å². The molecular weight excluding hydrogens is 352 g/mol. The average molecular weight is 359 g/mol. The largest absolute Gasteiger partial charge is 0.573 e. The zero-order valence-corrected chi connectivity index (χ0v) is 12.0. The highest BCUT2D eigenvalue weighted by Gasteiger charge is 2.35. The summed E-state index contributed by atoms with van der Waals surface area (Å²) in [5, 5.41) is 8.77. The summed E-state index contributed by atoms with van der Waals surface area (Å²) < 4.78 is 82.4. The Morgan fingerprint density at radius 1 is 1.26 bits per heavy atom. The van der Waals surface area contributed by atoms with E-state index in [0.29, 0.717) is 12.1 Å². The molecule has 0 aliphatic heterocycles. The van der Waals surface area contributed by atoms with Crippen molar-refractivity contribution in [2.24, 2.45) is 0 Å². The van der Waals surface area contributed by atoms with Crippen LogP contribution in [0.25, 0.3) is 0 Å². The molecule has 0 atom stereocenters. The van der Waals surface area contributed by atoms with E-state index in [4.69, 9.17) is 5.26 Å². The van der Waals surface area contributed by atoms with Crippen LogP contribution in [-0.2, 0) is 4.74 Å². The highest BCUT2D eigenvalue weighted by molar-refractivity contribution is 8.00. The van der Waals surface area contributed by atoms with Crippen molar-refractivity contribution >= 4 is 17.7 Å². The van der Waals surface area contributed by atoms with Crippen molar-refractivity contribution in [1.82, 2.24) is 0 Å². The molecule has 0 saturated heterocycles. The number of nitrogens with zero attached hydrogens (tertiary/aromatic N) is 1. The molecule has 0 aliphatic carbocycles. The Morgan fingerprint density at radius 3 is 2.30 bits per heavy atom. The number of halogens is 6. The molecular formula is C12H7F6NO3S. The summed E-state index contributed by atoms with van der Waals surface area (Å²) in [4.78, 5) is 10.9. The first-order valence-electron chi connectivity index (χ1n) is 5.73. The van der Waals surface area contributed by atoms with E-state index in [-0.39, 0.29) is 6.61 Å². The SMILES string of the molecule is CCOC(=O)c1cc(OC(F)(F)F)c(C#N)cc1SC(F)(F)F. The van der Waals surface area contributed by atoms with E-state index in [9.17, 15) is 31.1 Å². The third-order valence-corrected chi connectivity index (χ3v) is 2.94. The van der Waals surface area contributed by atoms with Gasteiger partial charge in [0.25, 0.3) is 0 Å². The number of thioether (sulfide) groups is 1. The van der Waals surface area contributed by atoms with Gasteiger partial charge >= 0.3 is 17.8 Å². The zero-order valence-electron chi connectivity index (χ0n) is 11.2. The van der Waals surface area contributed by atoms with Gasteiger partial charge in [-0.15, -0.1) is 13.2 Å². The van der Waals surface area contributed by atoms with Crippen molar-refractivity contribution < 1.29 is 40.6 Å². The molecule has 4 nitrogen and oxygen atoms in total. The molecule has 0 aliphatic rings. The number of hydrogen-bond acceptors (Lipinski definition) is 5. The van der Waals surface area contributed by atoms with Crippen LogP contribution in [0.2, 0.25) is 0 Å². The van der Waals surface area contributed by atoms with Gasteiger partial charge < -0.3 is 9.47 Å². The summed E-state index contributed by atoms with van der Waals surface area (Å²) in [7, 11) is 0. The molecule has 0 spiro atoms. The summed E-state index contributed by atoms with van der Waals surface area (Å²) in [5.41, 5.74) is -6.41. The predicted octanol–water partition coefficient (Wildman–Crippen LogP) is 4.25. The summed E-state index contributed by atoms with van der Waals surface area (Å²) >= 11 is -0.751. The Labute approximate surface area is 130 Å². The molecule has 1 aromatic rings. The van der Waals surface area contributed by atoms with Crippen molar-refractivity contribution in [3.8, 4) is 11.8 Å². The Balaban J connectivity index is 3.45. The molecule has 0 aromatic heterocycles. The fourth-order valence-electron chi connectivity index (χ4n) is 1.43. The fraction of sp³-hybridized carbons (Fsp3) is 0.333. The number of hydrogen-bond donors (Lipinski definition) is 0. The minimum atomic E-state index is -5.18. The van der Waals surface area contributed by atoms with E-state index in [1.165, 1.54) is 13.0 Å². The summed E-state index contributed by atoms with van der Waals surface area (Å²) in [6, 6.07) is 2.18. The molecule has 0 fully saturated rings. The van der Waals surface area contributed by atoms with E-state index in [0.717, 1.165) is 0 Å². The predicted molar refractivity (Wildman–Crippen MR) is 65.7 cm³/mol. The Hall–Kier alpha value is -2.09. The number of nitriles is 1. The van der Waals surface area contributed by atoms with Crippen molar-refractivity contribution in [2.45, 2.75) is 23.7 Å². The van der Waals surface area contributed by atoms with Crippen LogP contribution in [0.1, 0.15) is 22.8 Å². The van der Waals surface area contributed by atoms with Gasteiger partial charge in [0.05, 0.1) is 17.7 Å². The molecule has 1 rings (SSSR count). The molecule has 0 N–H and O–H groups in total. The van der Waals surface area contributed by atoms with Crippen LogP contribution in [0.4, 0.5) is 26.3 Å². The molecule has 0 heterocycles. The van der Waals surface area contributed by atoms with Crippen LogP contribution in [-0.4, -0.2) is 24.4 Å². The maximum absolute atomic E-state index is 12.5. The minimum absolute atomic E-state index is 0.204. The van der Waals surface area contributed by atoms with Crippen molar-refractivity contribution in [1.29, 1.82) is 5.26 Å². The van der Waals surface area contributed by atoms with E-state index in [2.05, 4.69) is 9.47 Å². The Bertz CT molecular complexity index is 635. The smallest absolute Gasteiger partial charge is 0.462 e. The van der Waals surface area contributed by atoms with Gasteiger partial charge in [0.2, 0.25) is 0 Å². The molecule has 126 valence electrons. The third kappa shape index (κ3) is 5.90. The van der Waals surface area contributed by atoms with Gasteiger partial charge in [0.15, 0.2) is 0 Å². The molecule has 0 radical (unpaired) electrons. The molecule has 23 heavy (non-hydrogen) atoms. The second-order valence-electron chi connectivity index (χ2n) is 3.77. The zero-order chi connectivity index (χ0) is 17.8. The first-order chi connectivity index (χ1) is 10.5. The van der Waals surface area contributed by atoms with Gasteiger partial charge in [0.1, 0.15) is 11.8 Å². The molecule has 0 amide bonds. The topological polar surface area (TPSA) is 59.3 Å². The van der Waals surface area contributed by atoms with E-state index >= 15 is 0 Å². The number of carbonyl (C=O) groups excluding carboxylic acids is 1. The minimum Gasteiger partial charge on any atom is -0.462 e. The number of alkyl halides is 6. The molecule has 1 aromatic carbocycles. The van der Waals surface area contributed by atoms with E-state index in [1.807, 2.05) is 0 Å². The lowest BCUT2D eigenvalue weighted by molar-refractivity contribution is -0.274. The lowest BCUT2D eigenvalue weighted by Crippen LogP contribution is -2.19. The van der Waals surface area contributed by atoms with E-state index < -0.39 is 51.4 Å². The molecule has 0 unspecified atom stereocenters. The summed E-state index contributed by atoms with van der Waals surface area (Å²) in [6.45, 7) is 1.16.